The average molecular weight is 462 g/mol. The van der Waals surface area contributed by atoms with Crippen LogP contribution < -0.4 is 21.3 Å². The smallest absolute Gasteiger partial charge is 0.294 e. The van der Waals surface area contributed by atoms with Crippen molar-refractivity contribution in [1.82, 2.24) is 19.4 Å². The molecule has 1 fully saturated rings. The van der Waals surface area contributed by atoms with Crippen LogP contribution in [0.5, 0.6) is 5.75 Å². The molecule has 3 N–H and O–H groups in total. The number of fused-ring (bicyclic) bond motifs is 1. The molecule has 2 aromatic heterocycles. The fourth-order valence-corrected chi connectivity index (χ4v) is 4.06. The number of nitrogens with zero attached hydrogens (tertiary/aromatic N) is 4. The minimum Gasteiger partial charge on any atom is -0.483 e. The highest BCUT2D eigenvalue weighted by Gasteiger charge is 2.24. The van der Waals surface area contributed by atoms with E-state index in [4.69, 9.17) is 10.5 Å². The van der Waals surface area contributed by atoms with Gasteiger partial charge in [0.1, 0.15) is 29.7 Å². The molecule has 1 unspecified atom stereocenters. The molecule has 1 saturated heterocycles. The third-order valence-corrected chi connectivity index (χ3v) is 5.82. The third-order valence-electron chi connectivity index (χ3n) is 5.82. The molecule has 3 aromatic rings. The summed E-state index contributed by atoms with van der Waals surface area (Å²) in [7, 11) is 3.55. The molecule has 1 aromatic carbocycles. The zero-order valence-electron chi connectivity index (χ0n) is 18.5. The Bertz CT molecular complexity index is 1250. The third kappa shape index (κ3) is 4.45. The molecule has 0 saturated carbocycles. The summed E-state index contributed by atoms with van der Waals surface area (Å²) in [5.74, 6) is -0.567. The maximum Gasteiger partial charge on any atom is 0.294 e. The van der Waals surface area contributed by atoms with Gasteiger partial charge in [0.25, 0.3) is 12.0 Å². The fourth-order valence-electron chi connectivity index (χ4n) is 4.06. The Morgan fingerprint density at radius 2 is 1.94 bits per heavy atom. The van der Waals surface area contributed by atoms with Gasteiger partial charge in [0.05, 0.1) is 17.0 Å². The lowest BCUT2D eigenvalue weighted by Crippen LogP contribution is -2.27. The van der Waals surface area contributed by atoms with Crippen LogP contribution in [0.25, 0.3) is 11.0 Å². The van der Waals surface area contributed by atoms with Gasteiger partial charge >= 0.3 is 0 Å². The van der Waals surface area contributed by atoms with Gasteiger partial charge in [0.2, 0.25) is 0 Å². The Morgan fingerprint density at radius 3 is 2.61 bits per heavy atom. The minimum absolute atomic E-state index is 0.0210. The van der Waals surface area contributed by atoms with E-state index in [2.05, 4.69) is 20.2 Å². The summed E-state index contributed by atoms with van der Waals surface area (Å²) >= 11 is 0. The molecule has 0 amide bonds. The predicted molar refractivity (Wildman–Crippen MR) is 119 cm³/mol. The van der Waals surface area contributed by atoms with E-state index in [0.717, 1.165) is 19.0 Å². The van der Waals surface area contributed by atoms with E-state index >= 15 is 0 Å². The summed E-state index contributed by atoms with van der Waals surface area (Å²) in [6.07, 6.45) is -1.05. The summed E-state index contributed by atoms with van der Waals surface area (Å²) < 4.78 is 48.5. The van der Waals surface area contributed by atoms with Crippen LogP contribution in [0.2, 0.25) is 0 Å². The van der Waals surface area contributed by atoms with E-state index in [1.54, 1.807) is 20.0 Å². The van der Waals surface area contributed by atoms with Crippen LogP contribution in [0, 0.1) is 5.82 Å². The number of anilines is 2. The molecule has 0 spiro atoms. The van der Waals surface area contributed by atoms with Crippen LogP contribution in [0.3, 0.4) is 0 Å². The zero-order chi connectivity index (χ0) is 23.9. The van der Waals surface area contributed by atoms with Crippen LogP contribution in [0.15, 0.2) is 29.3 Å². The van der Waals surface area contributed by atoms with E-state index < -0.39 is 23.8 Å². The second kappa shape index (κ2) is 8.89. The van der Waals surface area contributed by atoms with Crippen molar-refractivity contribution in [3.63, 3.8) is 0 Å². The first-order valence-electron chi connectivity index (χ1n) is 10.5. The first kappa shape index (κ1) is 22.8. The van der Waals surface area contributed by atoms with Crippen LogP contribution >= 0.6 is 0 Å². The second-order valence-electron chi connectivity index (χ2n) is 8.30. The van der Waals surface area contributed by atoms with Crippen LogP contribution in [-0.2, 0) is 7.05 Å². The van der Waals surface area contributed by atoms with Crippen molar-refractivity contribution in [3.8, 4) is 5.75 Å². The number of nitrogen functional groups attached to an aromatic ring is 1. The van der Waals surface area contributed by atoms with Gasteiger partial charge in [-0.05, 0) is 32.5 Å². The lowest BCUT2D eigenvalue weighted by molar-refractivity contribution is 0.146. The highest BCUT2D eigenvalue weighted by molar-refractivity contribution is 5.87. The summed E-state index contributed by atoms with van der Waals surface area (Å²) in [5.41, 5.74) is 4.98. The molecule has 0 radical (unpaired) electrons. The van der Waals surface area contributed by atoms with Gasteiger partial charge in [0, 0.05) is 37.5 Å². The lowest BCUT2D eigenvalue weighted by atomic mass is 10.0. The number of pyridine rings is 1. The predicted octanol–water partition coefficient (Wildman–Crippen LogP) is 3.24. The molecule has 1 aliphatic rings. The first-order chi connectivity index (χ1) is 15.7. The van der Waals surface area contributed by atoms with Gasteiger partial charge in [-0.15, -0.1) is 0 Å². The van der Waals surface area contributed by atoms with Gasteiger partial charge in [-0.25, -0.2) is 23.1 Å². The number of likely N-dealkylation sites (N-methyl/N-ethyl adjacent to an activating group) is 1. The molecule has 33 heavy (non-hydrogen) atoms. The molecule has 176 valence electrons. The van der Waals surface area contributed by atoms with E-state index in [-0.39, 0.29) is 28.7 Å². The monoisotopic (exact) mass is 462 g/mol. The highest BCUT2D eigenvalue weighted by atomic mass is 19.3. The molecule has 11 heteroatoms. The van der Waals surface area contributed by atoms with Crippen molar-refractivity contribution in [1.29, 1.82) is 0 Å². The standard InChI is InChI=1S/C22H25F3N6O2/c1-11(14-6-12(26)7-15(18(14)23)19(24)25)29-20-16-8-17(33-13-4-5-30(2)9-13)22(32)31(3)21(16)28-10-27-20/h6-8,10-11,13,19H,4-5,9,26H2,1-3H3,(H,27,28,29)/t11-,13?/m1/s1. The Balaban J connectivity index is 1.72. The number of nitrogens with two attached hydrogens (primary N) is 1. The molecular formula is C22H25F3N6O2. The number of likely N-dealkylation sites (tertiary alicyclic amines) is 1. The molecule has 0 aliphatic carbocycles. The second-order valence-corrected chi connectivity index (χ2v) is 8.30. The Kier molecular flexibility index (Phi) is 6.15. The Hall–Kier alpha value is -3.34. The number of aryl methyl sites for hydroxylation is 1. The van der Waals surface area contributed by atoms with Gasteiger partial charge in [-0.2, -0.15) is 0 Å². The Labute approximate surface area is 188 Å². The van der Waals surface area contributed by atoms with Gasteiger partial charge in [-0.3, -0.25) is 9.36 Å². The largest absolute Gasteiger partial charge is 0.483 e. The van der Waals surface area contributed by atoms with Crippen molar-refractivity contribution in [2.75, 3.05) is 31.2 Å². The van der Waals surface area contributed by atoms with Gasteiger partial charge in [0.15, 0.2) is 5.75 Å². The zero-order valence-corrected chi connectivity index (χ0v) is 18.5. The number of ether oxygens (including phenoxy) is 1. The van der Waals surface area contributed by atoms with E-state index in [1.807, 2.05) is 7.05 Å². The molecule has 3 heterocycles. The number of nitrogens with one attached hydrogen (secondary N) is 1. The maximum atomic E-state index is 14.7. The summed E-state index contributed by atoms with van der Waals surface area (Å²) in [5, 5.41) is 3.52. The lowest BCUT2D eigenvalue weighted by Gasteiger charge is -2.20. The van der Waals surface area contributed by atoms with E-state index in [1.165, 1.54) is 17.0 Å². The van der Waals surface area contributed by atoms with Crippen molar-refractivity contribution < 1.29 is 17.9 Å². The number of hydrogen-bond donors (Lipinski definition) is 2. The number of rotatable bonds is 6. The molecular weight excluding hydrogens is 437 g/mol. The van der Waals surface area contributed by atoms with Crippen LogP contribution in [0.4, 0.5) is 24.7 Å². The SMILES string of the molecule is C[C@@H](Nc1ncnc2c1cc(OC1CCN(C)C1)c(=O)n2C)c1cc(N)cc(C(F)F)c1F. The van der Waals surface area contributed by atoms with E-state index in [9.17, 15) is 18.0 Å². The molecule has 2 atom stereocenters. The average Bonchev–Trinajstić information content (AvgIpc) is 3.18. The van der Waals surface area contributed by atoms with Gasteiger partial charge < -0.3 is 20.7 Å². The van der Waals surface area contributed by atoms with Crippen molar-refractivity contribution in [3.05, 3.63) is 51.8 Å². The van der Waals surface area contributed by atoms with Crippen LogP contribution in [0.1, 0.15) is 36.9 Å². The summed E-state index contributed by atoms with van der Waals surface area (Å²) in [4.78, 5) is 23.3. The fraction of sp³-hybridized carbons (Fsp3) is 0.409. The van der Waals surface area contributed by atoms with Crippen molar-refractivity contribution in [2.24, 2.45) is 7.05 Å². The molecule has 1 aliphatic heterocycles. The minimum atomic E-state index is -3.00. The Morgan fingerprint density at radius 1 is 1.21 bits per heavy atom. The summed E-state index contributed by atoms with van der Waals surface area (Å²) in [6, 6.07) is 3.04. The topological polar surface area (TPSA) is 98.3 Å². The molecule has 0 bridgehead atoms. The quantitative estimate of drug-likeness (QED) is 0.543. The number of halogens is 3. The molecule has 8 nitrogen and oxygen atoms in total. The first-order valence-corrected chi connectivity index (χ1v) is 10.5. The maximum absolute atomic E-state index is 14.7. The number of benzene rings is 1. The normalized spacial score (nSPS) is 17.6. The van der Waals surface area contributed by atoms with Gasteiger partial charge in [-0.1, -0.05) is 0 Å². The summed E-state index contributed by atoms with van der Waals surface area (Å²) in [6.45, 7) is 3.18. The number of aromatic nitrogens is 3. The number of alkyl halides is 2. The number of hydrogen-bond acceptors (Lipinski definition) is 7. The van der Waals surface area contributed by atoms with Crippen molar-refractivity contribution >= 4 is 22.5 Å². The van der Waals surface area contributed by atoms with Crippen LogP contribution in [-0.4, -0.2) is 45.7 Å². The van der Waals surface area contributed by atoms with Crippen molar-refractivity contribution in [2.45, 2.75) is 31.9 Å². The molecule has 4 rings (SSSR count). The highest BCUT2D eigenvalue weighted by Crippen LogP contribution is 2.32. The van der Waals surface area contributed by atoms with E-state index in [0.29, 0.717) is 23.4 Å².